The first-order valence-corrected chi connectivity index (χ1v) is 6.90. The first kappa shape index (κ1) is 13.4. The van der Waals surface area contributed by atoms with Gasteiger partial charge in [0.05, 0.1) is 0 Å². The van der Waals surface area contributed by atoms with Gasteiger partial charge in [-0.15, -0.1) is 0 Å². The second kappa shape index (κ2) is 6.21. The molecule has 0 aromatic heterocycles. The van der Waals surface area contributed by atoms with Crippen molar-refractivity contribution in [1.82, 2.24) is 10.2 Å². The number of nitrogens with zero attached hydrogens (tertiary/aromatic N) is 1. The van der Waals surface area contributed by atoms with Crippen LogP contribution in [0.5, 0.6) is 5.75 Å². The number of nitrogens with one attached hydrogen (secondary N) is 1. The summed E-state index contributed by atoms with van der Waals surface area (Å²) < 4.78 is 0. The zero-order valence-electron chi connectivity index (χ0n) is 11.4. The van der Waals surface area contributed by atoms with Crippen molar-refractivity contribution >= 4 is 0 Å². The molecule has 100 valence electrons. The fraction of sp³-hybridized carbons (Fsp3) is 0.600. The van der Waals surface area contributed by atoms with E-state index in [9.17, 15) is 5.11 Å². The van der Waals surface area contributed by atoms with E-state index in [1.807, 2.05) is 12.1 Å². The van der Waals surface area contributed by atoms with Crippen molar-refractivity contribution < 1.29 is 5.11 Å². The van der Waals surface area contributed by atoms with Crippen LogP contribution in [0.4, 0.5) is 0 Å². The molecule has 1 aliphatic heterocycles. The maximum atomic E-state index is 9.50. The summed E-state index contributed by atoms with van der Waals surface area (Å²) in [6, 6.07) is 8.78. The van der Waals surface area contributed by atoms with Gasteiger partial charge in [0.15, 0.2) is 0 Å². The second-order valence-electron chi connectivity index (χ2n) is 5.50. The van der Waals surface area contributed by atoms with E-state index in [0.717, 1.165) is 13.1 Å². The summed E-state index contributed by atoms with van der Waals surface area (Å²) in [7, 11) is 0. The lowest BCUT2D eigenvalue weighted by molar-refractivity contribution is 0.236. The summed E-state index contributed by atoms with van der Waals surface area (Å²) in [6.07, 6.45) is 2.56. The SMILES string of the molecule is CC(C)NCC1CCCN1Cc1cccc(O)c1. The maximum Gasteiger partial charge on any atom is 0.115 e. The average molecular weight is 248 g/mol. The molecular weight excluding hydrogens is 224 g/mol. The third-order valence-corrected chi connectivity index (χ3v) is 3.56. The van der Waals surface area contributed by atoms with Gasteiger partial charge in [-0.1, -0.05) is 26.0 Å². The zero-order chi connectivity index (χ0) is 13.0. The molecule has 0 amide bonds. The number of rotatable bonds is 5. The molecule has 1 unspecified atom stereocenters. The Hall–Kier alpha value is -1.06. The fourth-order valence-electron chi connectivity index (χ4n) is 2.60. The van der Waals surface area contributed by atoms with Gasteiger partial charge in [-0.2, -0.15) is 0 Å². The maximum absolute atomic E-state index is 9.50. The van der Waals surface area contributed by atoms with Crippen LogP contribution in [0.1, 0.15) is 32.3 Å². The molecule has 1 saturated heterocycles. The minimum absolute atomic E-state index is 0.364. The van der Waals surface area contributed by atoms with Crippen molar-refractivity contribution in [1.29, 1.82) is 0 Å². The van der Waals surface area contributed by atoms with Crippen molar-refractivity contribution in [2.75, 3.05) is 13.1 Å². The highest BCUT2D eigenvalue weighted by molar-refractivity contribution is 5.27. The molecule has 0 radical (unpaired) electrons. The smallest absolute Gasteiger partial charge is 0.115 e. The molecule has 3 heteroatoms. The Balaban J connectivity index is 1.91. The lowest BCUT2D eigenvalue weighted by atomic mass is 10.1. The lowest BCUT2D eigenvalue weighted by Crippen LogP contribution is -2.39. The van der Waals surface area contributed by atoms with Gasteiger partial charge in [0.25, 0.3) is 0 Å². The van der Waals surface area contributed by atoms with Crippen molar-refractivity contribution in [3.05, 3.63) is 29.8 Å². The second-order valence-corrected chi connectivity index (χ2v) is 5.50. The molecule has 1 atom stereocenters. The van der Waals surface area contributed by atoms with E-state index in [1.165, 1.54) is 24.9 Å². The lowest BCUT2D eigenvalue weighted by Gasteiger charge is -2.25. The largest absolute Gasteiger partial charge is 0.508 e. The Morgan fingerprint density at radius 2 is 2.28 bits per heavy atom. The first-order chi connectivity index (χ1) is 8.65. The Bertz CT molecular complexity index is 379. The Morgan fingerprint density at radius 3 is 3.00 bits per heavy atom. The van der Waals surface area contributed by atoms with Crippen LogP contribution in [0, 0.1) is 0 Å². The summed E-state index contributed by atoms with van der Waals surface area (Å²) in [5, 5.41) is 13.0. The molecule has 1 aromatic rings. The molecule has 1 aromatic carbocycles. The number of benzene rings is 1. The van der Waals surface area contributed by atoms with Crippen LogP contribution in [-0.2, 0) is 6.54 Å². The highest BCUT2D eigenvalue weighted by atomic mass is 16.3. The quantitative estimate of drug-likeness (QED) is 0.839. The van der Waals surface area contributed by atoms with Crippen LogP contribution in [0.15, 0.2) is 24.3 Å². The molecule has 1 heterocycles. The monoisotopic (exact) mass is 248 g/mol. The Labute approximate surface area is 110 Å². The highest BCUT2D eigenvalue weighted by Gasteiger charge is 2.24. The molecule has 18 heavy (non-hydrogen) atoms. The summed E-state index contributed by atoms with van der Waals surface area (Å²) in [6.45, 7) is 7.55. The number of likely N-dealkylation sites (tertiary alicyclic amines) is 1. The van der Waals surface area contributed by atoms with Crippen molar-refractivity contribution in [2.24, 2.45) is 0 Å². The average Bonchev–Trinajstić information content (AvgIpc) is 2.74. The van der Waals surface area contributed by atoms with Crippen molar-refractivity contribution in [2.45, 2.75) is 45.3 Å². The number of aromatic hydroxyl groups is 1. The fourth-order valence-corrected chi connectivity index (χ4v) is 2.60. The minimum Gasteiger partial charge on any atom is -0.508 e. The summed E-state index contributed by atoms with van der Waals surface area (Å²) >= 11 is 0. The van der Waals surface area contributed by atoms with Gasteiger partial charge in [0.2, 0.25) is 0 Å². The van der Waals surface area contributed by atoms with Crippen molar-refractivity contribution in [3.8, 4) is 5.75 Å². The van der Waals surface area contributed by atoms with E-state index in [1.54, 1.807) is 6.07 Å². The van der Waals surface area contributed by atoms with E-state index in [0.29, 0.717) is 17.8 Å². The predicted molar refractivity (Wildman–Crippen MR) is 74.7 cm³/mol. The van der Waals surface area contributed by atoms with E-state index in [-0.39, 0.29) is 0 Å². The van der Waals surface area contributed by atoms with Gasteiger partial charge in [0.1, 0.15) is 5.75 Å². The molecular formula is C15H24N2O. The topological polar surface area (TPSA) is 35.5 Å². The Kier molecular flexibility index (Phi) is 4.61. The number of phenols is 1. The van der Waals surface area contributed by atoms with Crippen LogP contribution < -0.4 is 5.32 Å². The minimum atomic E-state index is 0.364. The van der Waals surface area contributed by atoms with E-state index in [4.69, 9.17) is 0 Å². The van der Waals surface area contributed by atoms with Gasteiger partial charge >= 0.3 is 0 Å². The molecule has 1 fully saturated rings. The number of hydrogen-bond donors (Lipinski definition) is 2. The van der Waals surface area contributed by atoms with Crippen LogP contribution in [0.2, 0.25) is 0 Å². The molecule has 0 spiro atoms. The molecule has 1 aliphatic rings. The molecule has 0 bridgehead atoms. The number of hydrogen-bond acceptors (Lipinski definition) is 3. The van der Waals surface area contributed by atoms with E-state index >= 15 is 0 Å². The summed E-state index contributed by atoms with van der Waals surface area (Å²) in [5.74, 6) is 0.364. The molecule has 3 nitrogen and oxygen atoms in total. The van der Waals surface area contributed by atoms with Crippen LogP contribution in [0.25, 0.3) is 0 Å². The van der Waals surface area contributed by atoms with E-state index < -0.39 is 0 Å². The van der Waals surface area contributed by atoms with Crippen molar-refractivity contribution in [3.63, 3.8) is 0 Å². The number of phenolic OH excluding ortho intramolecular Hbond substituents is 1. The van der Waals surface area contributed by atoms with Crippen LogP contribution in [-0.4, -0.2) is 35.2 Å². The molecule has 2 N–H and O–H groups in total. The third-order valence-electron chi connectivity index (χ3n) is 3.56. The van der Waals surface area contributed by atoms with Crippen LogP contribution >= 0.6 is 0 Å². The molecule has 2 rings (SSSR count). The Morgan fingerprint density at radius 1 is 1.44 bits per heavy atom. The van der Waals surface area contributed by atoms with Gasteiger partial charge in [0, 0.05) is 25.2 Å². The standard InChI is InChI=1S/C15H24N2O/c1-12(2)16-10-14-6-4-8-17(14)11-13-5-3-7-15(18)9-13/h3,5,7,9,12,14,16,18H,4,6,8,10-11H2,1-2H3. The van der Waals surface area contributed by atoms with Gasteiger partial charge in [-0.05, 0) is 37.1 Å². The predicted octanol–water partition coefficient (Wildman–Crippen LogP) is 2.35. The highest BCUT2D eigenvalue weighted by Crippen LogP contribution is 2.21. The normalized spacial score (nSPS) is 20.7. The molecule has 0 saturated carbocycles. The van der Waals surface area contributed by atoms with Gasteiger partial charge in [-0.25, -0.2) is 0 Å². The summed E-state index contributed by atoms with van der Waals surface area (Å²) in [5.41, 5.74) is 1.20. The van der Waals surface area contributed by atoms with Gasteiger partial charge < -0.3 is 10.4 Å². The van der Waals surface area contributed by atoms with Gasteiger partial charge in [-0.3, -0.25) is 4.90 Å². The van der Waals surface area contributed by atoms with E-state index in [2.05, 4.69) is 30.1 Å². The zero-order valence-corrected chi connectivity index (χ0v) is 11.4. The summed E-state index contributed by atoms with van der Waals surface area (Å²) in [4.78, 5) is 2.52. The van der Waals surface area contributed by atoms with Crippen LogP contribution in [0.3, 0.4) is 0 Å². The molecule has 0 aliphatic carbocycles. The first-order valence-electron chi connectivity index (χ1n) is 6.90. The third kappa shape index (κ3) is 3.72.